The molecule has 2 atom stereocenters. The molecule has 2 aliphatic rings. The number of likely N-dealkylation sites (tertiary alicyclic amines) is 1. The van der Waals surface area contributed by atoms with Crippen LogP contribution in [0.1, 0.15) is 24.0 Å². The van der Waals surface area contributed by atoms with Gasteiger partial charge in [-0.15, -0.1) is 0 Å². The summed E-state index contributed by atoms with van der Waals surface area (Å²) in [5.74, 6) is 1.35. The second-order valence-corrected chi connectivity index (χ2v) is 7.64. The Bertz CT molecular complexity index is 793. The van der Waals surface area contributed by atoms with Crippen molar-refractivity contribution in [2.75, 3.05) is 20.2 Å². The fraction of sp³-hybridized carbons (Fsp3) is 0.409. The monoisotopic (exact) mass is 367 g/mol. The number of carbonyl (C=O) groups is 1. The van der Waals surface area contributed by atoms with Crippen LogP contribution in [0.5, 0.6) is 5.75 Å². The van der Waals surface area contributed by atoms with E-state index in [2.05, 4.69) is 0 Å². The third kappa shape index (κ3) is 3.65. The largest absolute Gasteiger partial charge is 0.497 e. The van der Waals surface area contributed by atoms with Gasteiger partial charge in [-0.2, -0.15) is 0 Å². The Hall–Kier alpha value is -2.53. The van der Waals surface area contributed by atoms with Gasteiger partial charge in [0.25, 0.3) is 0 Å². The quantitative estimate of drug-likeness (QED) is 0.898. The summed E-state index contributed by atoms with van der Waals surface area (Å²) in [5, 5.41) is 11.2. The van der Waals surface area contributed by atoms with Gasteiger partial charge in [-0.1, -0.05) is 42.5 Å². The second-order valence-electron chi connectivity index (χ2n) is 7.64. The van der Waals surface area contributed by atoms with E-state index in [0.29, 0.717) is 44.4 Å². The highest BCUT2D eigenvalue weighted by molar-refractivity contribution is 5.68. The number of hydrogen-bond donors (Lipinski definition) is 1. The van der Waals surface area contributed by atoms with Crippen LogP contribution in [0.2, 0.25) is 0 Å². The van der Waals surface area contributed by atoms with E-state index in [9.17, 15) is 9.90 Å². The molecule has 4 rings (SSSR count). The predicted octanol–water partition coefficient (Wildman–Crippen LogP) is 3.56. The van der Waals surface area contributed by atoms with Gasteiger partial charge in [-0.05, 0) is 47.9 Å². The molecule has 0 bridgehead atoms. The van der Waals surface area contributed by atoms with Crippen LogP contribution in [0, 0.1) is 11.8 Å². The summed E-state index contributed by atoms with van der Waals surface area (Å²) < 4.78 is 10.7. The standard InChI is InChI=1S/C22H25NO4/c1-26-20-9-5-8-19(10-20)22(25)11-17-13-23(14-18(17)12-22)21(24)27-15-16-6-3-2-4-7-16/h2-10,17-18,25H,11-15H2,1H3. The number of hydrogen-bond acceptors (Lipinski definition) is 4. The molecule has 2 fully saturated rings. The number of ether oxygens (including phenoxy) is 2. The third-order valence-electron chi connectivity index (χ3n) is 5.85. The minimum Gasteiger partial charge on any atom is -0.497 e. The number of nitrogens with zero attached hydrogens (tertiary/aromatic N) is 1. The fourth-order valence-electron chi connectivity index (χ4n) is 4.46. The van der Waals surface area contributed by atoms with Gasteiger partial charge in [-0.3, -0.25) is 0 Å². The van der Waals surface area contributed by atoms with Crippen LogP contribution in [-0.4, -0.2) is 36.3 Å². The minimum absolute atomic E-state index is 0.266. The van der Waals surface area contributed by atoms with E-state index < -0.39 is 5.60 Å². The molecule has 1 heterocycles. The molecule has 5 nitrogen and oxygen atoms in total. The number of aliphatic hydroxyl groups is 1. The van der Waals surface area contributed by atoms with Gasteiger partial charge in [0.15, 0.2) is 0 Å². The highest BCUT2D eigenvalue weighted by Gasteiger charge is 2.50. The van der Waals surface area contributed by atoms with Crippen molar-refractivity contribution >= 4 is 6.09 Å². The van der Waals surface area contributed by atoms with Gasteiger partial charge in [0.2, 0.25) is 0 Å². The van der Waals surface area contributed by atoms with Gasteiger partial charge in [-0.25, -0.2) is 4.79 Å². The lowest BCUT2D eigenvalue weighted by molar-refractivity contribution is 0.0296. The molecule has 2 aromatic rings. The zero-order chi connectivity index (χ0) is 18.9. The van der Waals surface area contributed by atoms with Gasteiger partial charge in [0.1, 0.15) is 12.4 Å². The van der Waals surface area contributed by atoms with E-state index in [-0.39, 0.29) is 6.09 Å². The number of methoxy groups -OCH3 is 1. The second kappa shape index (κ2) is 7.24. The van der Waals surface area contributed by atoms with E-state index in [1.807, 2.05) is 54.6 Å². The maximum Gasteiger partial charge on any atom is 0.410 e. The summed E-state index contributed by atoms with van der Waals surface area (Å²) in [6.45, 7) is 1.58. The van der Waals surface area contributed by atoms with Gasteiger partial charge in [0.05, 0.1) is 12.7 Å². The Morgan fingerprint density at radius 3 is 2.48 bits per heavy atom. The van der Waals surface area contributed by atoms with Gasteiger partial charge in [0, 0.05) is 13.1 Å². The molecule has 1 saturated heterocycles. The smallest absolute Gasteiger partial charge is 0.410 e. The molecule has 0 radical (unpaired) electrons. The highest BCUT2D eigenvalue weighted by Crippen LogP contribution is 2.49. The number of rotatable bonds is 4. The summed E-state index contributed by atoms with van der Waals surface area (Å²) in [5.41, 5.74) is 1.04. The van der Waals surface area contributed by atoms with Crippen LogP contribution < -0.4 is 4.74 Å². The normalized spacial score (nSPS) is 26.7. The van der Waals surface area contributed by atoms with E-state index in [4.69, 9.17) is 9.47 Å². The predicted molar refractivity (Wildman–Crippen MR) is 101 cm³/mol. The highest BCUT2D eigenvalue weighted by atomic mass is 16.6. The SMILES string of the molecule is COc1cccc(C2(O)CC3CN(C(=O)OCc4ccccc4)CC3C2)c1. The van der Waals surface area contributed by atoms with E-state index in [1.54, 1.807) is 12.0 Å². The van der Waals surface area contributed by atoms with E-state index in [1.165, 1.54) is 0 Å². The Labute approximate surface area is 159 Å². The van der Waals surface area contributed by atoms with Crippen LogP contribution >= 0.6 is 0 Å². The summed E-state index contributed by atoms with van der Waals surface area (Å²) in [6.07, 6.45) is 1.05. The molecule has 1 saturated carbocycles. The Kier molecular flexibility index (Phi) is 4.79. The molecule has 1 N–H and O–H groups in total. The fourth-order valence-corrected chi connectivity index (χ4v) is 4.46. The van der Waals surface area contributed by atoms with Crippen molar-refractivity contribution in [3.63, 3.8) is 0 Å². The van der Waals surface area contributed by atoms with Crippen molar-refractivity contribution in [2.24, 2.45) is 11.8 Å². The first-order valence-corrected chi connectivity index (χ1v) is 9.40. The lowest BCUT2D eigenvalue weighted by Crippen LogP contribution is -2.32. The van der Waals surface area contributed by atoms with Crippen LogP contribution in [0.4, 0.5) is 4.79 Å². The summed E-state index contributed by atoms with van der Waals surface area (Å²) in [4.78, 5) is 14.2. The molecule has 5 heteroatoms. The molecule has 2 aromatic carbocycles. The van der Waals surface area contributed by atoms with Gasteiger partial charge < -0.3 is 19.5 Å². The molecular weight excluding hydrogens is 342 g/mol. The maximum absolute atomic E-state index is 12.4. The molecular formula is C22H25NO4. The molecule has 0 spiro atoms. The van der Waals surface area contributed by atoms with Crippen molar-refractivity contribution in [1.82, 2.24) is 4.90 Å². The minimum atomic E-state index is -0.843. The van der Waals surface area contributed by atoms with Crippen molar-refractivity contribution < 1.29 is 19.4 Å². The number of carbonyl (C=O) groups excluding carboxylic acids is 1. The van der Waals surface area contributed by atoms with Crippen molar-refractivity contribution in [3.05, 3.63) is 65.7 Å². The summed E-state index contributed by atoms with van der Waals surface area (Å²) in [6, 6.07) is 17.4. The van der Waals surface area contributed by atoms with Crippen LogP contribution in [0.15, 0.2) is 54.6 Å². The molecule has 0 aromatic heterocycles. The first-order chi connectivity index (χ1) is 13.1. The van der Waals surface area contributed by atoms with Crippen molar-refractivity contribution in [2.45, 2.75) is 25.0 Å². The Balaban J connectivity index is 1.35. The zero-order valence-electron chi connectivity index (χ0n) is 15.5. The lowest BCUT2D eigenvalue weighted by atomic mass is 9.90. The number of amides is 1. The van der Waals surface area contributed by atoms with Crippen LogP contribution in [0.3, 0.4) is 0 Å². The summed E-state index contributed by atoms with van der Waals surface area (Å²) in [7, 11) is 1.63. The topological polar surface area (TPSA) is 59.0 Å². The van der Waals surface area contributed by atoms with Crippen LogP contribution in [0.25, 0.3) is 0 Å². The first-order valence-electron chi connectivity index (χ1n) is 9.40. The van der Waals surface area contributed by atoms with E-state index >= 15 is 0 Å². The zero-order valence-corrected chi connectivity index (χ0v) is 15.5. The Morgan fingerprint density at radius 1 is 1.11 bits per heavy atom. The number of benzene rings is 2. The molecule has 1 aliphatic heterocycles. The van der Waals surface area contributed by atoms with Gasteiger partial charge >= 0.3 is 6.09 Å². The van der Waals surface area contributed by atoms with E-state index in [0.717, 1.165) is 16.9 Å². The molecule has 2 unspecified atom stereocenters. The maximum atomic E-state index is 12.4. The molecule has 1 aliphatic carbocycles. The van der Waals surface area contributed by atoms with Crippen molar-refractivity contribution in [3.8, 4) is 5.75 Å². The molecule has 142 valence electrons. The third-order valence-corrected chi connectivity index (χ3v) is 5.85. The first kappa shape index (κ1) is 17.9. The number of fused-ring (bicyclic) bond motifs is 1. The molecule has 1 amide bonds. The Morgan fingerprint density at radius 2 is 1.81 bits per heavy atom. The lowest BCUT2D eigenvalue weighted by Gasteiger charge is -2.26. The molecule has 27 heavy (non-hydrogen) atoms. The summed E-state index contributed by atoms with van der Waals surface area (Å²) >= 11 is 0. The van der Waals surface area contributed by atoms with Crippen molar-refractivity contribution in [1.29, 1.82) is 0 Å². The average molecular weight is 367 g/mol. The average Bonchev–Trinajstić information content (AvgIpc) is 3.23. The van der Waals surface area contributed by atoms with Crippen LogP contribution in [-0.2, 0) is 16.9 Å².